The number of methoxy groups -OCH3 is 1. The van der Waals surface area contributed by atoms with Crippen LogP contribution in [0.2, 0.25) is 0 Å². The highest BCUT2D eigenvalue weighted by Gasteiger charge is 2.46. The maximum Gasteiger partial charge on any atom is 0.411 e. The fourth-order valence-electron chi connectivity index (χ4n) is 4.19. The van der Waals surface area contributed by atoms with Crippen LogP contribution in [0.3, 0.4) is 0 Å². The first kappa shape index (κ1) is 25.8. The van der Waals surface area contributed by atoms with Gasteiger partial charge in [-0.05, 0) is 60.9 Å². The molecule has 192 valence electrons. The number of cyclic esters (lactones) is 1. The number of carbonyl (C=O) groups excluding carboxylic acids is 3. The van der Waals surface area contributed by atoms with Crippen molar-refractivity contribution in [1.82, 2.24) is 10.2 Å². The Hall–Kier alpha value is -4.33. The summed E-state index contributed by atoms with van der Waals surface area (Å²) in [6, 6.07) is 20.8. The van der Waals surface area contributed by atoms with Crippen LogP contribution in [-0.4, -0.2) is 42.5 Å². The van der Waals surface area contributed by atoms with Gasteiger partial charge in [0.25, 0.3) is 5.91 Å². The lowest BCUT2D eigenvalue weighted by Gasteiger charge is -2.24. The quantitative estimate of drug-likeness (QED) is 0.437. The number of aryl methyl sites for hydroxylation is 1. The van der Waals surface area contributed by atoms with Gasteiger partial charge in [0.2, 0.25) is 5.91 Å². The fraction of sp³-hybridized carbons (Fsp3) is 0.276. The predicted molar refractivity (Wildman–Crippen MR) is 140 cm³/mol. The summed E-state index contributed by atoms with van der Waals surface area (Å²) in [5.41, 5.74) is 3.62. The van der Waals surface area contributed by atoms with Crippen LogP contribution < -0.4 is 15.4 Å². The third kappa shape index (κ3) is 6.09. The molecule has 0 spiro atoms. The minimum Gasteiger partial charge on any atom is -0.497 e. The molecule has 4 rings (SSSR count). The summed E-state index contributed by atoms with van der Waals surface area (Å²) in [4.78, 5) is 40.4. The molecule has 0 radical (unpaired) electrons. The second-order valence-electron chi connectivity index (χ2n) is 8.96. The van der Waals surface area contributed by atoms with Crippen LogP contribution in [0.25, 0.3) is 0 Å². The highest BCUT2D eigenvalue weighted by Crippen LogP contribution is 2.35. The molecule has 8 nitrogen and oxygen atoms in total. The first-order chi connectivity index (χ1) is 17.9. The molecular formula is C29H31N3O5. The Bertz CT molecular complexity index is 1260. The zero-order chi connectivity index (χ0) is 26.4. The van der Waals surface area contributed by atoms with Crippen LogP contribution >= 0.6 is 0 Å². The Balaban J connectivity index is 1.57. The summed E-state index contributed by atoms with van der Waals surface area (Å²) in [5.74, 6) is 0.0862. The molecule has 0 bridgehead atoms. The number of hydrogen-bond acceptors (Lipinski definition) is 5. The molecule has 1 fully saturated rings. The molecule has 0 aromatic heterocycles. The standard InChI is InChI=1S/C29H31N3O5/c1-4-16-30-28(34)25-26(37-29(35)32(25)18-20-10-8-19(2)9-11-20)22-6-5-7-23(17-22)31-27(33)21-12-14-24(36-3)15-13-21/h5-15,17,25-26H,4,16,18H2,1-3H3,(H,30,34)(H,31,33)/t25-,26-/m1/s1. The van der Waals surface area contributed by atoms with Gasteiger partial charge in [0.15, 0.2) is 12.1 Å². The molecule has 0 saturated carbocycles. The molecule has 1 aliphatic rings. The van der Waals surface area contributed by atoms with Crippen molar-refractivity contribution in [3.05, 3.63) is 95.1 Å². The lowest BCUT2D eigenvalue weighted by molar-refractivity contribution is -0.126. The van der Waals surface area contributed by atoms with Crippen molar-refractivity contribution in [3.63, 3.8) is 0 Å². The van der Waals surface area contributed by atoms with Crippen molar-refractivity contribution in [2.45, 2.75) is 39.0 Å². The number of benzene rings is 3. The van der Waals surface area contributed by atoms with Crippen molar-refractivity contribution >= 4 is 23.6 Å². The van der Waals surface area contributed by atoms with Crippen LogP contribution in [0.1, 0.15) is 46.5 Å². The van der Waals surface area contributed by atoms with Crippen molar-refractivity contribution in [3.8, 4) is 5.75 Å². The van der Waals surface area contributed by atoms with E-state index in [0.29, 0.717) is 29.1 Å². The highest BCUT2D eigenvalue weighted by molar-refractivity contribution is 6.04. The third-order valence-corrected chi connectivity index (χ3v) is 6.20. The molecule has 2 N–H and O–H groups in total. The van der Waals surface area contributed by atoms with Gasteiger partial charge >= 0.3 is 6.09 Å². The lowest BCUT2D eigenvalue weighted by atomic mass is 10.00. The summed E-state index contributed by atoms with van der Waals surface area (Å²) in [7, 11) is 1.56. The van der Waals surface area contributed by atoms with E-state index in [1.807, 2.05) is 38.1 Å². The van der Waals surface area contributed by atoms with Crippen LogP contribution in [0.4, 0.5) is 10.5 Å². The van der Waals surface area contributed by atoms with E-state index in [1.165, 1.54) is 4.90 Å². The molecule has 3 aromatic rings. The summed E-state index contributed by atoms with van der Waals surface area (Å²) in [5, 5.41) is 5.78. The Morgan fingerprint density at radius 3 is 2.43 bits per heavy atom. The molecule has 2 atom stereocenters. The molecule has 0 unspecified atom stereocenters. The number of rotatable bonds is 9. The van der Waals surface area contributed by atoms with E-state index in [2.05, 4.69) is 10.6 Å². The molecule has 1 saturated heterocycles. The molecule has 0 aliphatic carbocycles. The average Bonchev–Trinajstić information content (AvgIpc) is 3.24. The zero-order valence-electron chi connectivity index (χ0n) is 21.2. The number of carbonyl (C=O) groups is 3. The van der Waals surface area contributed by atoms with E-state index >= 15 is 0 Å². The Labute approximate surface area is 216 Å². The number of ether oxygens (including phenoxy) is 2. The Kier molecular flexibility index (Phi) is 8.08. The number of anilines is 1. The molecule has 8 heteroatoms. The minimum absolute atomic E-state index is 0.244. The summed E-state index contributed by atoms with van der Waals surface area (Å²) >= 11 is 0. The largest absolute Gasteiger partial charge is 0.497 e. The summed E-state index contributed by atoms with van der Waals surface area (Å²) < 4.78 is 10.9. The molecular weight excluding hydrogens is 470 g/mol. The van der Waals surface area contributed by atoms with E-state index in [4.69, 9.17) is 9.47 Å². The Morgan fingerprint density at radius 2 is 1.76 bits per heavy atom. The number of amides is 3. The van der Waals surface area contributed by atoms with Crippen LogP contribution in [-0.2, 0) is 16.1 Å². The highest BCUT2D eigenvalue weighted by atomic mass is 16.6. The van der Waals surface area contributed by atoms with Gasteiger partial charge in [-0.2, -0.15) is 0 Å². The zero-order valence-corrected chi connectivity index (χ0v) is 21.2. The van der Waals surface area contributed by atoms with Crippen molar-refractivity contribution in [2.24, 2.45) is 0 Å². The van der Waals surface area contributed by atoms with Gasteiger partial charge in [-0.1, -0.05) is 48.9 Å². The SMILES string of the molecule is CCCNC(=O)[C@H]1[C@@H](c2cccc(NC(=O)c3ccc(OC)cc3)c2)OC(=O)N1Cc1ccc(C)cc1. The minimum atomic E-state index is -0.854. The molecule has 1 aliphatic heterocycles. The normalized spacial score (nSPS) is 16.7. The van der Waals surface area contributed by atoms with Crippen LogP contribution in [0.15, 0.2) is 72.8 Å². The van der Waals surface area contributed by atoms with Gasteiger partial charge in [-0.3, -0.25) is 14.5 Å². The predicted octanol–water partition coefficient (Wildman–Crippen LogP) is 4.84. The van der Waals surface area contributed by atoms with Gasteiger partial charge in [-0.25, -0.2) is 4.79 Å². The lowest BCUT2D eigenvalue weighted by Crippen LogP contribution is -2.46. The summed E-state index contributed by atoms with van der Waals surface area (Å²) in [6.45, 7) is 4.69. The smallest absolute Gasteiger partial charge is 0.411 e. The fourth-order valence-corrected chi connectivity index (χ4v) is 4.19. The van der Waals surface area contributed by atoms with Gasteiger partial charge in [-0.15, -0.1) is 0 Å². The molecule has 1 heterocycles. The summed E-state index contributed by atoms with van der Waals surface area (Å²) in [6.07, 6.45) is -0.620. The number of nitrogens with one attached hydrogen (secondary N) is 2. The molecule has 3 aromatic carbocycles. The van der Waals surface area contributed by atoms with E-state index in [9.17, 15) is 14.4 Å². The van der Waals surface area contributed by atoms with Crippen molar-refractivity contribution in [2.75, 3.05) is 19.0 Å². The molecule has 3 amide bonds. The number of hydrogen-bond donors (Lipinski definition) is 2. The Morgan fingerprint density at radius 1 is 1.03 bits per heavy atom. The van der Waals surface area contributed by atoms with Gasteiger partial charge in [0.05, 0.1) is 13.7 Å². The van der Waals surface area contributed by atoms with Crippen LogP contribution in [0, 0.1) is 6.92 Å². The third-order valence-electron chi connectivity index (χ3n) is 6.20. The monoisotopic (exact) mass is 501 g/mol. The van der Waals surface area contributed by atoms with E-state index in [-0.39, 0.29) is 18.4 Å². The van der Waals surface area contributed by atoms with E-state index in [0.717, 1.165) is 17.5 Å². The van der Waals surface area contributed by atoms with Gasteiger partial charge < -0.3 is 20.1 Å². The second kappa shape index (κ2) is 11.6. The second-order valence-corrected chi connectivity index (χ2v) is 8.96. The topological polar surface area (TPSA) is 97.0 Å². The van der Waals surface area contributed by atoms with E-state index in [1.54, 1.807) is 55.6 Å². The van der Waals surface area contributed by atoms with E-state index < -0.39 is 18.2 Å². The maximum absolute atomic E-state index is 13.2. The molecule has 37 heavy (non-hydrogen) atoms. The van der Waals surface area contributed by atoms with Crippen molar-refractivity contribution < 1.29 is 23.9 Å². The van der Waals surface area contributed by atoms with Crippen molar-refractivity contribution in [1.29, 1.82) is 0 Å². The van der Waals surface area contributed by atoms with Gasteiger partial charge in [0.1, 0.15) is 5.75 Å². The van der Waals surface area contributed by atoms with Gasteiger partial charge in [0, 0.05) is 17.8 Å². The number of nitrogens with zero attached hydrogens (tertiary/aromatic N) is 1. The first-order valence-electron chi connectivity index (χ1n) is 12.3. The maximum atomic E-state index is 13.2. The first-order valence-corrected chi connectivity index (χ1v) is 12.3. The average molecular weight is 502 g/mol. The van der Waals surface area contributed by atoms with Crippen LogP contribution in [0.5, 0.6) is 5.75 Å².